The fourth-order valence-corrected chi connectivity index (χ4v) is 0.699. The van der Waals surface area contributed by atoms with E-state index in [9.17, 15) is 0 Å². The molecule has 0 bridgehead atoms. The highest BCUT2D eigenvalue weighted by molar-refractivity contribution is 5.85. The van der Waals surface area contributed by atoms with Gasteiger partial charge in [0, 0.05) is 17.8 Å². The van der Waals surface area contributed by atoms with Crippen molar-refractivity contribution in [2.75, 3.05) is 0 Å². The van der Waals surface area contributed by atoms with E-state index in [0.29, 0.717) is 5.92 Å². The Hall–Kier alpha value is -1.05. The Morgan fingerprint density at radius 3 is 2.42 bits per heavy atom. The summed E-state index contributed by atoms with van der Waals surface area (Å²) in [5.41, 5.74) is 0.923. The highest BCUT2D eigenvalue weighted by Gasteiger charge is 2.02. The summed E-state index contributed by atoms with van der Waals surface area (Å²) in [6, 6.07) is 0. The molecule has 0 amide bonds. The zero-order valence-electron chi connectivity index (χ0n) is 8.39. The van der Waals surface area contributed by atoms with Crippen molar-refractivity contribution in [2.45, 2.75) is 27.7 Å². The van der Waals surface area contributed by atoms with E-state index >= 15 is 0 Å². The first-order chi connectivity index (χ1) is 5.57. The van der Waals surface area contributed by atoms with Gasteiger partial charge in [0.15, 0.2) is 0 Å². The molecule has 0 fully saturated rings. The van der Waals surface area contributed by atoms with Crippen LogP contribution in [0.5, 0.6) is 0 Å². The molecule has 68 valence electrons. The lowest BCUT2D eigenvalue weighted by molar-refractivity contribution is 0.836. The summed E-state index contributed by atoms with van der Waals surface area (Å²) in [6.07, 6.45) is 3.69. The highest BCUT2D eigenvalue weighted by Crippen LogP contribution is 1.97. The molecule has 2 nitrogen and oxygen atoms in total. The van der Waals surface area contributed by atoms with E-state index < -0.39 is 0 Å². The number of hydrogen-bond donors (Lipinski definition) is 1. The van der Waals surface area contributed by atoms with Crippen LogP contribution in [-0.4, -0.2) is 5.84 Å². The largest absolute Gasteiger partial charge is 0.348 e. The lowest BCUT2D eigenvalue weighted by Gasteiger charge is -2.11. The minimum Gasteiger partial charge on any atom is -0.348 e. The van der Waals surface area contributed by atoms with Crippen LogP contribution in [0.25, 0.3) is 0 Å². The van der Waals surface area contributed by atoms with Crippen molar-refractivity contribution in [3.63, 3.8) is 0 Å². The Morgan fingerprint density at radius 1 is 1.50 bits per heavy atom. The Morgan fingerprint density at radius 2 is 2.08 bits per heavy atom. The first-order valence-electron chi connectivity index (χ1n) is 4.19. The summed E-state index contributed by atoms with van der Waals surface area (Å²) >= 11 is 0. The molecule has 1 N–H and O–H groups in total. The molecule has 0 aliphatic rings. The van der Waals surface area contributed by atoms with Gasteiger partial charge in [0.1, 0.15) is 5.84 Å². The van der Waals surface area contributed by atoms with Gasteiger partial charge >= 0.3 is 0 Å². The molecule has 0 aliphatic heterocycles. The topological polar surface area (TPSA) is 24.4 Å². The third-order valence-electron chi connectivity index (χ3n) is 1.25. The molecule has 0 atom stereocenters. The van der Waals surface area contributed by atoms with Gasteiger partial charge in [-0.2, -0.15) is 0 Å². The maximum Gasteiger partial charge on any atom is 0.108 e. The fourth-order valence-electron chi connectivity index (χ4n) is 0.699. The van der Waals surface area contributed by atoms with Gasteiger partial charge in [0.2, 0.25) is 0 Å². The predicted molar refractivity (Wildman–Crippen MR) is 55.0 cm³/mol. The van der Waals surface area contributed by atoms with Crippen LogP contribution in [0.1, 0.15) is 27.7 Å². The van der Waals surface area contributed by atoms with Crippen LogP contribution in [-0.2, 0) is 0 Å². The average molecular weight is 166 g/mol. The third kappa shape index (κ3) is 4.72. The van der Waals surface area contributed by atoms with Gasteiger partial charge in [0.25, 0.3) is 0 Å². The normalized spacial score (nSPS) is 12.6. The Labute approximate surface area is 75.1 Å². The van der Waals surface area contributed by atoms with Crippen molar-refractivity contribution in [1.82, 2.24) is 5.32 Å². The number of hydrogen-bond acceptors (Lipinski definition) is 1. The Kier molecular flexibility index (Phi) is 5.09. The second-order valence-corrected chi connectivity index (χ2v) is 3.06. The lowest BCUT2D eigenvalue weighted by Crippen LogP contribution is -2.25. The molecule has 0 aromatic carbocycles. The van der Waals surface area contributed by atoms with Gasteiger partial charge in [-0.1, -0.05) is 26.5 Å². The smallest absolute Gasteiger partial charge is 0.108 e. The number of nitrogens with zero attached hydrogens (tertiary/aromatic N) is 1. The maximum absolute atomic E-state index is 4.25. The van der Waals surface area contributed by atoms with Crippen LogP contribution in [0.15, 0.2) is 29.5 Å². The van der Waals surface area contributed by atoms with Crippen molar-refractivity contribution in [2.24, 2.45) is 10.9 Å². The first-order valence-corrected chi connectivity index (χ1v) is 4.19. The highest BCUT2D eigenvalue weighted by atomic mass is 15.0. The molecule has 0 rings (SSSR count). The Balaban J connectivity index is 4.32. The summed E-state index contributed by atoms with van der Waals surface area (Å²) in [5, 5.41) is 3.12. The van der Waals surface area contributed by atoms with Crippen LogP contribution in [0.2, 0.25) is 0 Å². The van der Waals surface area contributed by atoms with Crippen molar-refractivity contribution in [1.29, 1.82) is 0 Å². The van der Waals surface area contributed by atoms with E-state index in [1.807, 2.05) is 19.9 Å². The molecule has 0 aromatic rings. The monoisotopic (exact) mass is 166 g/mol. The molecule has 0 heterocycles. The molecule has 12 heavy (non-hydrogen) atoms. The summed E-state index contributed by atoms with van der Waals surface area (Å²) in [7, 11) is 0. The number of aliphatic imine (C=N–C) groups is 1. The predicted octanol–water partition coefficient (Wildman–Crippen LogP) is 2.70. The third-order valence-corrected chi connectivity index (χ3v) is 1.25. The van der Waals surface area contributed by atoms with E-state index in [1.165, 1.54) is 0 Å². The number of nitrogens with one attached hydrogen (secondary N) is 1. The molecule has 2 heteroatoms. The maximum atomic E-state index is 4.25. The summed E-state index contributed by atoms with van der Waals surface area (Å²) in [5.74, 6) is 1.36. The minimum absolute atomic E-state index is 0.401. The van der Waals surface area contributed by atoms with Crippen LogP contribution < -0.4 is 5.32 Å². The number of amidine groups is 1. The zero-order valence-corrected chi connectivity index (χ0v) is 8.39. The first kappa shape index (κ1) is 11.0. The number of rotatable bonds is 3. The van der Waals surface area contributed by atoms with Gasteiger partial charge in [-0.25, -0.2) is 4.99 Å². The van der Waals surface area contributed by atoms with Crippen molar-refractivity contribution < 1.29 is 0 Å². The zero-order chi connectivity index (χ0) is 9.56. The Bertz CT molecular complexity index is 200. The second kappa shape index (κ2) is 5.58. The summed E-state index contributed by atoms with van der Waals surface area (Å²) in [4.78, 5) is 4.25. The van der Waals surface area contributed by atoms with Crippen LogP contribution in [0, 0.1) is 5.92 Å². The van der Waals surface area contributed by atoms with Crippen LogP contribution >= 0.6 is 0 Å². The van der Waals surface area contributed by atoms with Gasteiger partial charge < -0.3 is 5.32 Å². The van der Waals surface area contributed by atoms with Crippen LogP contribution in [0.3, 0.4) is 0 Å². The van der Waals surface area contributed by atoms with Crippen molar-refractivity contribution in [3.8, 4) is 0 Å². The van der Waals surface area contributed by atoms with Crippen molar-refractivity contribution >= 4 is 5.84 Å². The molecule has 0 aliphatic carbocycles. The quantitative estimate of drug-likeness (QED) is 0.506. The molecular formula is C10H18N2. The second-order valence-electron chi connectivity index (χ2n) is 3.06. The minimum atomic E-state index is 0.401. The number of allylic oxidation sites excluding steroid dienone is 2. The van der Waals surface area contributed by atoms with E-state index in [-0.39, 0.29) is 0 Å². The van der Waals surface area contributed by atoms with Crippen molar-refractivity contribution in [3.05, 3.63) is 24.6 Å². The van der Waals surface area contributed by atoms with E-state index in [4.69, 9.17) is 0 Å². The van der Waals surface area contributed by atoms with Gasteiger partial charge in [-0.3, -0.25) is 0 Å². The van der Waals surface area contributed by atoms with Crippen LogP contribution in [0.4, 0.5) is 0 Å². The van der Waals surface area contributed by atoms with E-state index in [1.54, 1.807) is 6.20 Å². The summed E-state index contributed by atoms with van der Waals surface area (Å²) in [6.45, 7) is 11.8. The molecule has 0 unspecified atom stereocenters. The molecule has 0 saturated heterocycles. The van der Waals surface area contributed by atoms with Gasteiger partial charge in [-0.05, 0) is 13.8 Å². The SMILES string of the molecule is C=C(C)N/C(=N\C=C/C)C(C)C. The molecule has 0 radical (unpaired) electrons. The average Bonchev–Trinajstić information content (AvgIpc) is 1.96. The standard InChI is InChI=1S/C10H18N2/c1-6-7-11-10(8(2)3)12-9(4)5/h6-8H,4H2,1-3,5H3,(H,11,12)/b7-6-. The lowest BCUT2D eigenvalue weighted by atomic mass is 10.2. The van der Waals surface area contributed by atoms with E-state index in [0.717, 1.165) is 11.5 Å². The summed E-state index contributed by atoms with van der Waals surface area (Å²) < 4.78 is 0. The molecule has 0 spiro atoms. The van der Waals surface area contributed by atoms with Gasteiger partial charge in [-0.15, -0.1) is 0 Å². The fraction of sp³-hybridized carbons (Fsp3) is 0.500. The molecule has 0 aromatic heterocycles. The molecular weight excluding hydrogens is 148 g/mol. The van der Waals surface area contributed by atoms with Gasteiger partial charge in [0.05, 0.1) is 0 Å². The van der Waals surface area contributed by atoms with E-state index in [2.05, 4.69) is 30.7 Å². The molecule has 0 saturated carbocycles.